The first-order valence-electron chi connectivity index (χ1n) is 6.49. The number of rotatable bonds is 3. The van der Waals surface area contributed by atoms with Gasteiger partial charge in [0.05, 0.1) is 5.52 Å². The topological polar surface area (TPSA) is 59.3 Å². The third kappa shape index (κ3) is 2.37. The van der Waals surface area contributed by atoms with E-state index >= 15 is 0 Å². The van der Waals surface area contributed by atoms with Gasteiger partial charge in [-0.15, -0.1) is 0 Å². The zero-order chi connectivity index (χ0) is 14.9. The van der Waals surface area contributed by atoms with Gasteiger partial charge in [0.1, 0.15) is 0 Å². The molecular weight excluding hydrogens is 254 g/mol. The van der Waals surface area contributed by atoms with E-state index in [0.29, 0.717) is 5.56 Å². The fourth-order valence-corrected chi connectivity index (χ4v) is 2.34. The summed E-state index contributed by atoms with van der Waals surface area (Å²) in [5.74, 6) is -1.06. The number of carboxylic acid groups (broad SMARTS) is 1. The quantitative estimate of drug-likeness (QED) is 0.873. The number of aromatic nitrogens is 1. The summed E-state index contributed by atoms with van der Waals surface area (Å²) in [6.07, 6.45) is 3.29. The predicted octanol–water partition coefficient (Wildman–Crippen LogP) is 2.51. The lowest BCUT2D eigenvalue weighted by Gasteiger charge is -2.12. The van der Waals surface area contributed by atoms with Gasteiger partial charge in [-0.25, -0.2) is 4.79 Å². The van der Waals surface area contributed by atoms with Crippen molar-refractivity contribution in [2.75, 3.05) is 0 Å². The summed E-state index contributed by atoms with van der Waals surface area (Å²) in [7, 11) is 1.70. The highest BCUT2D eigenvalue weighted by Gasteiger charge is 2.10. The van der Waals surface area contributed by atoms with Crippen molar-refractivity contribution in [1.82, 2.24) is 4.57 Å². The van der Waals surface area contributed by atoms with Gasteiger partial charge in [-0.05, 0) is 42.7 Å². The van der Waals surface area contributed by atoms with Crippen LogP contribution in [0.5, 0.6) is 0 Å². The van der Waals surface area contributed by atoms with Crippen LogP contribution in [-0.4, -0.2) is 15.6 Å². The van der Waals surface area contributed by atoms with Crippen LogP contribution in [0.25, 0.3) is 17.0 Å². The van der Waals surface area contributed by atoms with Crippen molar-refractivity contribution in [3.05, 3.63) is 51.3 Å². The van der Waals surface area contributed by atoms with Gasteiger partial charge in [0.25, 0.3) is 5.56 Å². The minimum absolute atomic E-state index is 0.184. The molecule has 0 saturated heterocycles. The van der Waals surface area contributed by atoms with E-state index in [-0.39, 0.29) is 5.56 Å². The van der Waals surface area contributed by atoms with Crippen molar-refractivity contribution in [1.29, 1.82) is 0 Å². The molecule has 0 atom stereocenters. The molecule has 1 aromatic heterocycles. The molecule has 0 aliphatic carbocycles. The van der Waals surface area contributed by atoms with Gasteiger partial charge in [-0.3, -0.25) is 4.79 Å². The Morgan fingerprint density at radius 3 is 2.70 bits per heavy atom. The third-order valence-corrected chi connectivity index (χ3v) is 3.57. The van der Waals surface area contributed by atoms with E-state index in [1.54, 1.807) is 11.6 Å². The van der Waals surface area contributed by atoms with Crippen molar-refractivity contribution in [2.45, 2.75) is 20.3 Å². The maximum atomic E-state index is 12.3. The lowest BCUT2D eigenvalue weighted by molar-refractivity contribution is -0.131. The zero-order valence-corrected chi connectivity index (χ0v) is 11.8. The Labute approximate surface area is 117 Å². The molecule has 0 unspecified atom stereocenters. The molecule has 4 nitrogen and oxygen atoms in total. The number of carbonyl (C=O) groups is 1. The lowest BCUT2D eigenvalue weighted by Crippen LogP contribution is -2.21. The summed E-state index contributed by atoms with van der Waals surface area (Å²) in [6.45, 7) is 3.93. The Hall–Kier alpha value is -2.36. The van der Waals surface area contributed by atoms with Gasteiger partial charge >= 0.3 is 5.97 Å². The van der Waals surface area contributed by atoms with E-state index in [1.165, 1.54) is 11.6 Å². The molecule has 0 fully saturated rings. The fourth-order valence-electron chi connectivity index (χ4n) is 2.34. The Kier molecular flexibility index (Phi) is 3.74. The summed E-state index contributed by atoms with van der Waals surface area (Å²) in [6, 6.07) is 6.00. The van der Waals surface area contributed by atoms with Crippen molar-refractivity contribution in [3.63, 3.8) is 0 Å². The van der Waals surface area contributed by atoms with Crippen LogP contribution in [0, 0.1) is 6.92 Å². The Bertz CT molecular complexity index is 769. The lowest BCUT2D eigenvalue weighted by atomic mass is 10.0. The smallest absolute Gasteiger partial charge is 0.328 e. The van der Waals surface area contributed by atoms with Gasteiger partial charge in [0.15, 0.2) is 0 Å². The van der Waals surface area contributed by atoms with E-state index in [1.807, 2.05) is 19.1 Å². The highest BCUT2D eigenvalue weighted by Crippen LogP contribution is 2.21. The number of hydrogen-bond donors (Lipinski definition) is 1. The zero-order valence-electron chi connectivity index (χ0n) is 11.8. The van der Waals surface area contributed by atoms with Gasteiger partial charge in [0.2, 0.25) is 0 Å². The van der Waals surface area contributed by atoms with Crippen LogP contribution in [0.3, 0.4) is 0 Å². The molecule has 1 heterocycles. The van der Waals surface area contributed by atoms with E-state index in [4.69, 9.17) is 5.11 Å². The van der Waals surface area contributed by atoms with Crippen LogP contribution in [0.4, 0.5) is 0 Å². The molecule has 4 heteroatoms. The molecule has 0 aliphatic rings. The highest BCUT2D eigenvalue weighted by atomic mass is 16.4. The van der Waals surface area contributed by atoms with Crippen LogP contribution in [0.2, 0.25) is 0 Å². The minimum Gasteiger partial charge on any atom is -0.478 e. The second kappa shape index (κ2) is 5.33. The van der Waals surface area contributed by atoms with Crippen LogP contribution >= 0.6 is 0 Å². The Morgan fingerprint density at radius 1 is 1.40 bits per heavy atom. The number of hydrogen-bond acceptors (Lipinski definition) is 2. The highest BCUT2D eigenvalue weighted by molar-refractivity contribution is 5.89. The largest absolute Gasteiger partial charge is 0.478 e. The molecule has 0 aliphatic heterocycles. The SMILES string of the molecule is CCc1ccc2c(c1)c(C)c(/C=C/C(=O)O)c(=O)n2C. The number of aryl methyl sites for hydroxylation is 3. The van der Waals surface area contributed by atoms with Gasteiger partial charge in [-0.2, -0.15) is 0 Å². The van der Waals surface area contributed by atoms with Crippen molar-refractivity contribution >= 4 is 22.9 Å². The van der Waals surface area contributed by atoms with E-state index in [9.17, 15) is 9.59 Å². The second-order valence-electron chi connectivity index (χ2n) is 4.78. The summed E-state index contributed by atoms with van der Waals surface area (Å²) < 4.78 is 1.56. The number of carboxylic acids is 1. The molecule has 20 heavy (non-hydrogen) atoms. The maximum Gasteiger partial charge on any atom is 0.328 e. The first-order valence-corrected chi connectivity index (χ1v) is 6.49. The molecule has 0 radical (unpaired) electrons. The average molecular weight is 271 g/mol. The fraction of sp³-hybridized carbons (Fsp3) is 0.250. The van der Waals surface area contributed by atoms with Gasteiger partial charge in [-0.1, -0.05) is 13.0 Å². The average Bonchev–Trinajstić information content (AvgIpc) is 2.44. The first-order chi connectivity index (χ1) is 9.45. The summed E-state index contributed by atoms with van der Waals surface area (Å²) in [4.78, 5) is 22.9. The van der Waals surface area contributed by atoms with Gasteiger partial charge in [0, 0.05) is 24.1 Å². The number of aliphatic carboxylic acids is 1. The van der Waals surface area contributed by atoms with Crippen LogP contribution < -0.4 is 5.56 Å². The molecule has 0 spiro atoms. The first kappa shape index (κ1) is 14.1. The molecule has 1 N–H and O–H groups in total. The number of benzene rings is 1. The van der Waals surface area contributed by atoms with Gasteiger partial charge < -0.3 is 9.67 Å². The summed E-state index contributed by atoms with van der Waals surface area (Å²) in [5.41, 5.74) is 3.10. The van der Waals surface area contributed by atoms with Crippen molar-refractivity contribution in [2.24, 2.45) is 7.05 Å². The minimum atomic E-state index is -1.06. The molecule has 1 aromatic carbocycles. The number of nitrogens with zero attached hydrogens (tertiary/aromatic N) is 1. The molecule has 0 saturated carbocycles. The molecule has 0 bridgehead atoms. The third-order valence-electron chi connectivity index (χ3n) is 3.57. The van der Waals surface area contributed by atoms with Crippen LogP contribution in [0.15, 0.2) is 29.1 Å². The number of fused-ring (bicyclic) bond motifs is 1. The van der Waals surface area contributed by atoms with Crippen molar-refractivity contribution in [3.8, 4) is 0 Å². The van der Waals surface area contributed by atoms with Crippen LogP contribution in [0.1, 0.15) is 23.6 Å². The van der Waals surface area contributed by atoms with Crippen LogP contribution in [-0.2, 0) is 18.3 Å². The molecular formula is C16H17NO3. The predicted molar refractivity (Wildman–Crippen MR) is 80.0 cm³/mol. The summed E-state index contributed by atoms with van der Waals surface area (Å²) >= 11 is 0. The summed E-state index contributed by atoms with van der Waals surface area (Å²) in [5, 5.41) is 9.71. The molecule has 0 amide bonds. The van der Waals surface area contributed by atoms with E-state index < -0.39 is 5.97 Å². The van der Waals surface area contributed by atoms with E-state index in [0.717, 1.165) is 29.0 Å². The molecule has 104 valence electrons. The normalized spacial score (nSPS) is 11.3. The number of pyridine rings is 1. The Balaban J connectivity index is 2.83. The van der Waals surface area contributed by atoms with Crippen molar-refractivity contribution < 1.29 is 9.90 Å². The monoisotopic (exact) mass is 271 g/mol. The molecule has 2 rings (SSSR count). The van der Waals surface area contributed by atoms with E-state index in [2.05, 4.69) is 13.0 Å². The Morgan fingerprint density at radius 2 is 2.10 bits per heavy atom. The standard InChI is InChI=1S/C16H17NO3/c1-4-11-5-7-14-13(9-11)10(2)12(6-8-15(18)19)16(20)17(14)3/h5-9H,4H2,1-3H3,(H,18,19)/b8-6+. The molecule has 2 aromatic rings. The second-order valence-corrected chi connectivity index (χ2v) is 4.78. The maximum absolute atomic E-state index is 12.3.